The first-order valence-corrected chi connectivity index (χ1v) is 6.82. The number of rotatable bonds is 4. The number of unbranched alkanes of at least 4 members (excludes halogenated alkanes) is 2. The van der Waals surface area contributed by atoms with Gasteiger partial charge in [-0.2, -0.15) is 5.26 Å². The van der Waals surface area contributed by atoms with Gasteiger partial charge in [-0.15, -0.1) is 0 Å². The molecule has 1 aliphatic carbocycles. The van der Waals surface area contributed by atoms with Crippen LogP contribution in [-0.4, -0.2) is 0 Å². The van der Waals surface area contributed by atoms with Gasteiger partial charge < -0.3 is 0 Å². The number of hydrogen-bond acceptors (Lipinski definition) is 1. The highest BCUT2D eigenvalue weighted by Crippen LogP contribution is 2.49. The molecule has 0 aromatic rings. The molecule has 1 saturated carbocycles. The first-order chi connectivity index (χ1) is 7.41. The summed E-state index contributed by atoms with van der Waals surface area (Å²) in [5, 5.41) is 9.32. The Labute approximate surface area is 101 Å². The molecule has 1 aliphatic rings. The van der Waals surface area contributed by atoms with E-state index >= 15 is 0 Å². The molecule has 0 spiro atoms. The highest BCUT2D eigenvalue weighted by atomic mass is 14.5. The fraction of sp³-hybridized carbons (Fsp3) is 0.933. The molecule has 0 amide bonds. The van der Waals surface area contributed by atoms with Gasteiger partial charge in [0, 0.05) is 0 Å². The van der Waals surface area contributed by atoms with E-state index in [1.165, 1.54) is 32.1 Å². The molecule has 0 radical (unpaired) electrons. The predicted molar refractivity (Wildman–Crippen MR) is 69.0 cm³/mol. The first kappa shape index (κ1) is 13.6. The molecule has 0 N–H and O–H groups in total. The smallest absolute Gasteiger partial charge is 0.0687 e. The zero-order valence-corrected chi connectivity index (χ0v) is 11.5. The van der Waals surface area contributed by atoms with Gasteiger partial charge in [0.25, 0.3) is 0 Å². The molecule has 0 saturated heterocycles. The van der Waals surface area contributed by atoms with E-state index < -0.39 is 0 Å². The van der Waals surface area contributed by atoms with Crippen LogP contribution in [-0.2, 0) is 0 Å². The Bertz CT molecular complexity index is 261. The molecule has 2 atom stereocenters. The Morgan fingerprint density at radius 1 is 1.19 bits per heavy atom. The second-order valence-corrected chi connectivity index (χ2v) is 6.78. The van der Waals surface area contributed by atoms with E-state index in [-0.39, 0.29) is 5.41 Å². The number of nitrogens with zero attached hydrogens (tertiary/aromatic N) is 1. The third-order valence-corrected chi connectivity index (χ3v) is 3.94. The van der Waals surface area contributed by atoms with Crippen molar-refractivity contribution in [2.75, 3.05) is 0 Å². The highest BCUT2D eigenvalue weighted by Gasteiger charge is 2.40. The van der Waals surface area contributed by atoms with Crippen LogP contribution in [0, 0.1) is 28.1 Å². The Morgan fingerprint density at radius 2 is 1.88 bits per heavy atom. The summed E-state index contributed by atoms with van der Waals surface area (Å²) in [5.74, 6) is 0.778. The third-order valence-electron chi connectivity index (χ3n) is 3.94. The Balaban J connectivity index is 2.56. The summed E-state index contributed by atoms with van der Waals surface area (Å²) in [7, 11) is 0. The van der Waals surface area contributed by atoms with Crippen LogP contribution in [0.15, 0.2) is 0 Å². The molecule has 92 valence electrons. The molecule has 0 aliphatic heterocycles. The monoisotopic (exact) mass is 221 g/mol. The van der Waals surface area contributed by atoms with Crippen molar-refractivity contribution in [1.82, 2.24) is 0 Å². The van der Waals surface area contributed by atoms with Gasteiger partial charge in [-0.1, -0.05) is 46.5 Å². The molecule has 1 nitrogen and oxygen atoms in total. The molecule has 1 heteroatoms. The zero-order chi connectivity index (χ0) is 12.2. The van der Waals surface area contributed by atoms with Crippen molar-refractivity contribution in [2.24, 2.45) is 16.7 Å². The van der Waals surface area contributed by atoms with Crippen LogP contribution in [0.3, 0.4) is 0 Å². The van der Waals surface area contributed by atoms with Crippen LogP contribution in [0.25, 0.3) is 0 Å². The predicted octanol–water partition coefficient (Wildman–Crippen LogP) is 4.92. The van der Waals surface area contributed by atoms with Gasteiger partial charge in [-0.25, -0.2) is 0 Å². The molecule has 0 heterocycles. The lowest BCUT2D eigenvalue weighted by Crippen LogP contribution is -2.34. The fourth-order valence-corrected chi connectivity index (χ4v) is 3.66. The average Bonchev–Trinajstić information content (AvgIpc) is 2.15. The average molecular weight is 221 g/mol. The SMILES string of the molecule is CCCCCC1CC(C)(C)CC(C)(C#N)C1. The largest absolute Gasteiger partial charge is 0.198 e. The van der Waals surface area contributed by atoms with Gasteiger partial charge in [0.15, 0.2) is 0 Å². The van der Waals surface area contributed by atoms with Gasteiger partial charge in [-0.3, -0.25) is 0 Å². The third kappa shape index (κ3) is 3.81. The van der Waals surface area contributed by atoms with E-state index in [1.807, 2.05) is 0 Å². The molecule has 1 fully saturated rings. The van der Waals surface area contributed by atoms with Gasteiger partial charge in [0.1, 0.15) is 0 Å². The van der Waals surface area contributed by atoms with Crippen LogP contribution < -0.4 is 0 Å². The molecular formula is C15H27N. The summed E-state index contributed by atoms with van der Waals surface area (Å²) in [4.78, 5) is 0. The molecule has 16 heavy (non-hydrogen) atoms. The Kier molecular flexibility index (Phi) is 4.42. The Hall–Kier alpha value is -0.510. The van der Waals surface area contributed by atoms with Crippen molar-refractivity contribution in [1.29, 1.82) is 5.26 Å². The van der Waals surface area contributed by atoms with Crippen LogP contribution in [0.2, 0.25) is 0 Å². The molecular weight excluding hydrogens is 194 g/mol. The van der Waals surface area contributed by atoms with Gasteiger partial charge in [-0.05, 0) is 37.5 Å². The summed E-state index contributed by atoms with van der Waals surface area (Å²) in [6, 6.07) is 2.56. The lowest BCUT2D eigenvalue weighted by molar-refractivity contribution is 0.0864. The molecule has 1 rings (SSSR count). The summed E-state index contributed by atoms with van der Waals surface area (Å²) in [6.45, 7) is 9.06. The van der Waals surface area contributed by atoms with Crippen molar-refractivity contribution in [2.45, 2.75) is 72.6 Å². The summed E-state index contributed by atoms with van der Waals surface area (Å²) in [6.07, 6.45) is 8.82. The van der Waals surface area contributed by atoms with Crippen molar-refractivity contribution >= 4 is 0 Å². The van der Waals surface area contributed by atoms with E-state index in [2.05, 4.69) is 33.8 Å². The Morgan fingerprint density at radius 3 is 2.44 bits per heavy atom. The maximum absolute atomic E-state index is 9.32. The van der Waals surface area contributed by atoms with Crippen molar-refractivity contribution < 1.29 is 0 Å². The normalized spacial score (nSPS) is 33.3. The number of hydrogen-bond donors (Lipinski definition) is 0. The van der Waals surface area contributed by atoms with Gasteiger partial charge >= 0.3 is 0 Å². The minimum atomic E-state index is -0.0708. The second kappa shape index (κ2) is 5.21. The molecule has 0 bridgehead atoms. The topological polar surface area (TPSA) is 23.8 Å². The zero-order valence-electron chi connectivity index (χ0n) is 11.5. The van der Waals surface area contributed by atoms with Gasteiger partial charge in [0.2, 0.25) is 0 Å². The lowest BCUT2D eigenvalue weighted by atomic mass is 9.60. The van der Waals surface area contributed by atoms with Crippen molar-refractivity contribution in [3.8, 4) is 6.07 Å². The van der Waals surface area contributed by atoms with Crippen LogP contribution in [0.5, 0.6) is 0 Å². The quantitative estimate of drug-likeness (QED) is 0.618. The molecule has 2 unspecified atom stereocenters. The highest BCUT2D eigenvalue weighted by molar-refractivity contribution is 5.03. The lowest BCUT2D eigenvalue weighted by Gasteiger charge is -2.43. The standard InChI is InChI=1S/C15H27N/c1-5-6-7-8-13-9-14(2,3)11-15(4,10-13)12-16/h13H,5-11H2,1-4H3. The van der Waals surface area contributed by atoms with Gasteiger partial charge in [0.05, 0.1) is 11.5 Å². The molecule has 0 aromatic heterocycles. The van der Waals surface area contributed by atoms with Crippen molar-refractivity contribution in [3.63, 3.8) is 0 Å². The summed E-state index contributed by atoms with van der Waals surface area (Å²) in [5.41, 5.74) is 0.290. The summed E-state index contributed by atoms with van der Waals surface area (Å²) < 4.78 is 0. The van der Waals surface area contributed by atoms with E-state index in [4.69, 9.17) is 0 Å². The van der Waals surface area contributed by atoms with E-state index in [9.17, 15) is 5.26 Å². The van der Waals surface area contributed by atoms with E-state index in [1.54, 1.807) is 0 Å². The maximum atomic E-state index is 9.32. The maximum Gasteiger partial charge on any atom is 0.0687 e. The van der Waals surface area contributed by atoms with E-state index in [0.29, 0.717) is 5.41 Å². The minimum absolute atomic E-state index is 0.0708. The van der Waals surface area contributed by atoms with Crippen LogP contribution in [0.4, 0.5) is 0 Å². The molecule has 0 aromatic carbocycles. The van der Waals surface area contributed by atoms with Crippen LogP contribution in [0.1, 0.15) is 72.6 Å². The van der Waals surface area contributed by atoms with Crippen LogP contribution >= 0.6 is 0 Å². The second-order valence-electron chi connectivity index (χ2n) is 6.78. The first-order valence-electron chi connectivity index (χ1n) is 6.82. The minimum Gasteiger partial charge on any atom is -0.198 e. The fourth-order valence-electron chi connectivity index (χ4n) is 3.66. The van der Waals surface area contributed by atoms with E-state index in [0.717, 1.165) is 18.8 Å². The van der Waals surface area contributed by atoms with Crippen molar-refractivity contribution in [3.05, 3.63) is 0 Å². The number of nitriles is 1. The summed E-state index contributed by atoms with van der Waals surface area (Å²) >= 11 is 0.